The first-order valence-corrected chi connectivity index (χ1v) is 13.9. The number of carbonyl (C=O) groups excluding carboxylic acids is 3. The highest BCUT2D eigenvalue weighted by atomic mass is 32.2. The summed E-state index contributed by atoms with van der Waals surface area (Å²) >= 11 is 1.67. The Morgan fingerprint density at radius 3 is 2.64 bits per heavy atom. The molecular formula is C26H36N4O5S. The normalized spacial score (nSPS) is 33.6. The number of aliphatic hydroxyl groups is 1. The van der Waals surface area contributed by atoms with E-state index in [0.717, 1.165) is 26.1 Å². The van der Waals surface area contributed by atoms with Crippen molar-refractivity contribution < 1.29 is 24.2 Å². The van der Waals surface area contributed by atoms with Gasteiger partial charge in [0.05, 0.1) is 29.8 Å². The molecule has 2 bridgehead atoms. The molecule has 196 valence electrons. The minimum absolute atomic E-state index is 0.00121. The van der Waals surface area contributed by atoms with Crippen molar-refractivity contribution in [1.29, 1.82) is 0 Å². The number of hydrogen-bond donors (Lipinski definition) is 3. The molecule has 4 saturated heterocycles. The van der Waals surface area contributed by atoms with E-state index in [1.807, 2.05) is 30.3 Å². The Balaban J connectivity index is 1.37. The molecular weight excluding hydrogens is 480 g/mol. The van der Waals surface area contributed by atoms with E-state index in [-0.39, 0.29) is 35.5 Å². The highest BCUT2D eigenvalue weighted by Gasteiger charge is 2.75. The second kappa shape index (κ2) is 10.7. The van der Waals surface area contributed by atoms with Gasteiger partial charge >= 0.3 is 0 Å². The number of aliphatic hydroxyl groups excluding tert-OH is 1. The number of amides is 3. The Morgan fingerprint density at radius 1 is 1.17 bits per heavy atom. The minimum atomic E-state index is -0.647. The van der Waals surface area contributed by atoms with Gasteiger partial charge in [0.25, 0.3) is 0 Å². The van der Waals surface area contributed by atoms with Crippen molar-refractivity contribution in [3.8, 4) is 0 Å². The van der Waals surface area contributed by atoms with Gasteiger partial charge < -0.3 is 25.4 Å². The van der Waals surface area contributed by atoms with Crippen molar-refractivity contribution in [2.45, 2.75) is 35.8 Å². The quantitative estimate of drug-likeness (QED) is 0.445. The third-order valence-electron chi connectivity index (χ3n) is 8.23. The third kappa shape index (κ3) is 4.42. The Bertz CT molecular complexity index is 974. The van der Waals surface area contributed by atoms with E-state index in [9.17, 15) is 19.5 Å². The molecule has 1 aromatic rings. The van der Waals surface area contributed by atoms with Gasteiger partial charge in [0.1, 0.15) is 6.04 Å². The van der Waals surface area contributed by atoms with E-state index in [1.165, 1.54) is 0 Å². The zero-order chi connectivity index (χ0) is 25.3. The molecule has 3 unspecified atom stereocenters. The van der Waals surface area contributed by atoms with Gasteiger partial charge in [-0.05, 0) is 30.9 Å². The Morgan fingerprint density at radius 2 is 1.92 bits per heavy atom. The number of nitrogens with one attached hydrogen (secondary N) is 2. The molecule has 4 aliphatic heterocycles. The van der Waals surface area contributed by atoms with Gasteiger partial charge in [-0.15, -0.1) is 11.8 Å². The number of anilines is 1. The summed E-state index contributed by atoms with van der Waals surface area (Å²) in [7, 11) is 0. The molecule has 4 fully saturated rings. The number of likely N-dealkylation sites (tertiary alicyclic amines) is 1. The van der Waals surface area contributed by atoms with Gasteiger partial charge in [0.2, 0.25) is 17.7 Å². The number of carbonyl (C=O) groups is 3. The fourth-order valence-corrected chi connectivity index (χ4v) is 9.03. The average molecular weight is 517 g/mol. The smallest absolute Gasteiger partial charge is 0.244 e. The van der Waals surface area contributed by atoms with Crippen LogP contribution < -0.4 is 10.6 Å². The molecule has 4 aliphatic rings. The predicted octanol–water partition coefficient (Wildman–Crippen LogP) is 0.793. The SMILES string of the molecule is CC1C[C@H]2SC13C(C(=O)NCCN1CCOCC1)N(CCCO)C(=O)[C@@H]3[C@H]2C(=O)Nc1ccccc1. The molecule has 0 aromatic heterocycles. The zero-order valence-corrected chi connectivity index (χ0v) is 21.5. The van der Waals surface area contributed by atoms with Gasteiger partial charge in [-0.3, -0.25) is 19.3 Å². The first-order chi connectivity index (χ1) is 17.5. The van der Waals surface area contributed by atoms with Crippen LogP contribution in [0.4, 0.5) is 5.69 Å². The van der Waals surface area contributed by atoms with Crippen LogP contribution in [0, 0.1) is 17.8 Å². The van der Waals surface area contributed by atoms with Crippen LogP contribution in [0.25, 0.3) is 0 Å². The summed E-state index contributed by atoms with van der Waals surface area (Å²) in [5, 5.41) is 15.6. The molecule has 10 heteroatoms. The molecule has 1 spiro atoms. The van der Waals surface area contributed by atoms with Gasteiger partial charge in [-0.2, -0.15) is 0 Å². The van der Waals surface area contributed by atoms with E-state index in [2.05, 4.69) is 22.5 Å². The fourth-order valence-electron chi connectivity index (χ4n) is 6.61. The highest BCUT2D eigenvalue weighted by molar-refractivity contribution is 8.02. The van der Waals surface area contributed by atoms with E-state index >= 15 is 0 Å². The summed E-state index contributed by atoms with van der Waals surface area (Å²) in [5.74, 6) is -1.35. The van der Waals surface area contributed by atoms with E-state index < -0.39 is 22.6 Å². The fraction of sp³-hybridized carbons (Fsp3) is 0.654. The maximum Gasteiger partial charge on any atom is 0.244 e. The lowest BCUT2D eigenvalue weighted by atomic mass is 9.66. The molecule has 3 N–H and O–H groups in total. The van der Waals surface area contributed by atoms with Crippen molar-refractivity contribution in [2.24, 2.45) is 17.8 Å². The Hall–Kier alpha value is -2.14. The number of para-hydroxylation sites is 1. The van der Waals surface area contributed by atoms with Crippen LogP contribution in [0.2, 0.25) is 0 Å². The van der Waals surface area contributed by atoms with Crippen LogP contribution in [0.15, 0.2) is 30.3 Å². The van der Waals surface area contributed by atoms with Crippen LogP contribution in [-0.2, 0) is 19.1 Å². The Labute approximate surface area is 216 Å². The summed E-state index contributed by atoms with van der Waals surface area (Å²) in [5.41, 5.74) is 0.706. The highest BCUT2D eigenvalue weighted by Crippen LogP contribution is 2.68. The predicted molar refractivity (Wildman–Crippen MR) is 137 cm³/mol. The third-order valence-corrected chi connectivity index (χ3v) is 10.3. The van der Waals surface area contributed by atoms with Crippen molar-refractivity contribution in [3.05, 3.63) is 30.3 Å². The molecule has 0 radical (unpaired) electrons. The molecule has 0 saturated carbocycles. The number of hydrogen-bond acceptors (Lipinski definition) is 7. The molecule has 0 aliphatic carbocycles. The lowest BCUT2D eigenvalue weighted by Gasteiger charge is -2.38. The molecule has 6 atom stereocenters. The number of benzene rings is 1. The standard InChI is InChI=1S/C26H36N4O5S/c1-17-16-19-20(23(32)28-18-6-3-2-4-7-18)21-25(34)30(9-5-13-31)22(26(17,21)36-19)24(33)27-8-10-29-11-14-35-15-12-29/h2-4,6-7,17,19-22,31H,5,8-16H2,1H3,(H,27,33)(H,28,32)/t17?,19-,20+,21+,22?,26?/m1/s1. The van der Waals surface area contributed by atoms with Crippen LogP contribution in [-0.4, -0.2) is 101 Å². The lowest BCUT2D eigenvalue weighted by Crippen LogP contribution is -2.57. The minimum Gasteiger partial charge on any atom is -0.396 e. The number of nitrogens with zero attached hydrogens (tertiary/aromatic N) is 2. The van der Waals surface area contributed by atoms with Crippen LogP contribution in [0.1, 0.15) is 19.8 Å². The van der Waals surface area contributed by atoms with Crippen LogP contribution in [0.3, 0.4) is 0 Å². The van der Waals surface area contributed by atoms with E-state index in [1.54, 1.807) is 16.7 Å². The molecule has 4 heterocycles. The monoisotopic (exact) mass is 516 g/mol. The number of morpholine rings is 1. The van der Waals surface area contributed by atoms with E-state index in [4.69, 9.17) is 4.74 Å². The second-order valence-corrected chi connectivity index (χ2v) is 11.8. The number of rotatable bonds is 9. The topological polar surface area (TPSA) is 111 Å². The van der Waals surface area contributed by atoms with Crippen molar-refractivity contribution in [3.63, 3.8) is 0 Å². The summed E-state index contributed by atoms with van der Waals surface area (Å²) in [6.45, 7) is 6.69. The van der Waals surface area contributed by atoms with Gasteiger partial charge in [-0.25, -0.2) is 0 Å². The average Bonchev–Trinajstić information content (AvgIpc) is 3.47. The molecule has 3 amide bonds. The molecule has 5 rings (SSSR count). The molecule has 9 nitrogen and oxygen atoms in total. The van der Waals surface area contributed by atoms with Crippen LogP contribution >= 0.6 is 11.8 Å². The Kier molecular flexibility index (Phi) is 7.57. The first-order valence-electron chi connectivity index (χ1n) is 13.0. The van der Waals surface area contributed by atoms with Gasteiger partial charge in [-0.1, -0.05) is 25.1 Å². The second-order valence-electron chi connectivity index (χ2n) is 10.3. The summed E-state index contributed by atoms with van der Waals surface area (Å²) in [6.07, 6.45) is 1.20. The summed E-state index contributed by atoms with van der Waals surface area (Å²) < 4.78 is 4.76. The van der Waals surface area contributed by atoms with E-state index in [0.29, 0.717) is 38.4 Å². The van der Waals surface area contributed by atoms with Crippen molar-refractivity contribution in [1.82, 2.24) is 15.1 Å². The first kappa shape index (κ1) is 25.5. The maximum atomic E-state index is 13.9. The van der Waals surface area contributed by atoms with Gasteiger partial charge in [0.15, 0.2) is 0 Å². The summed E-state index contributed by atoms with van der Waals surface area (Å²) in [6, 6.07) is 8.65. The van der Waals surface area contributed by atoms with Crippen molar-refractivity contribution >= 4 is 35.2 Å². The largest absolute Gasteiger partial charge is 0.396 e. The number of fused-ring (bicyclic) bond motifs is 1. The summed E-state index contributed by atoms with van der Waals surface area (Å²) in [4.78, 5) is 45.0. The number of thioether (sulfide) groups is 1. The van der Waals surface area contributed by atoms with Gasteiger partial charge in [0, 0.05) is 50.3 Å². The van der Waals surface area contributed by atoms with Crippen molar-refractivity contribution in [2.75, 3.05) is 57.9 Å². The van der Waals surface area contributed by atoms with Crippen LogP contribution in [0.5, 0.6) is 0 Å². The molecule has 1 aromatic carbocycles. The molecule has 36 heavy (non-hydrogen) atoms. The zero-order valence-electron chi connectivity index (χ0n) is 20.7. The number of ether oxygens (including phenoxy) is 1. The maximum absolute atomic E-state index is 13.9. The lowest BCUT2D eigenvalue weighted by molar-refractivity contribution is -0.139.